The topological polar surface area (TPSA) is 116 Å². The van der Waals surface area contributed by atoms with Crippen LogP contribution in [-0.4, -0.2) is 52.1 Å². The Bertz CT molecular complexity index is 1120. The van der Waals surface area contributed by atoms with E-state index in [1.165, 1.54) is 24.7 Å². The van der Waals surface area contributed by atoms with Gasteiger partial charge in [-0.1, -0.05) is 13.0 Å². The Labute approximate surface area is 191 Å². The van der Waals surface area contributed by atoms with Gasteiger partial charge in [0, 0.05) is 54.7 Å². The van der Waals surface area contributed by atoms with Crippen molar-refractivity contribution in [3.05, 3.63) is 59.8 Å². The molecular formula is C24H27FN6O2. The Hall–Kier alpha value is -3.59. The first kappa shape index (κ1) is 22.6. The highest BCUT2D eigenvalue weighted by atomic mass is 19.1. The van der Waals surface area contributed by atoms with Gasteiger partial charge in [-0.3, -0.25) is 0 Å². The first-order valence-electron chi connectivity index (χ1n) is 10.9. The van der Waals surface area contributed by atoms with Gasteiger partial charge in [0.15, 0.2) is 0 Å². The maximum Gasteiger partial charge on any atom is 0.134 e. The van der Waals surface area contributed by atoms with Gasteiger partial charge in [-0.2, -0.15) is 0 Å². The van der Waals surface area contributed by atoms with Gasteiger partial charge in [-0.15, -0.1) is 0 Å². The fraction of sp³-hybridized carbons (Fsp3) is 0.333. The molecule has 1 atom stereocenters. The van der Waals surface area contributed by atoms with Crippen molar-refractivity contribution < 1.29 is 14.2 Å². The molecule has 2 heterocycles. The van der Waals surface area contributed by atoms with Crippen LogP contribution in [0.15, 0.2) is 42.9 Å². The van der Waals surface area contributed by atoms with Crippen LogP contribution < -0.4 is 15.4 Å². The molecule has 0 aliphatic heterocycles. The molecule has 8 nitrogen and oxygen atoms in total. The molecule has 1 unspecified atom stereocenters. The highest BCUT2D eigenvalue weighted by Gasteiger charge is 2.25. The number of aliphatic hydroxyl groups excluding tert-OH is 1. The fourth-order valence-electron chi connectivity index (χ4n) is 3.42. The van der Waals surface area contributed by atoms with Gasteiger partial charge in [0.2, 0.25) is 0 Å². The summed E-state index contributed by atoms with van der Waals surface area (Å²) in [5.41, 5.74) is 2.97. The van der Waals surface area contributed by atoms with Crippen molar-refractivity contribution in [2.24, 2.45) is 0 Å². The third kappa shape index (κ3) is 5.81. The number of nitrogens with one attached hydrogen (secondary N) is 3. The van der Waals surface area contributed by atoms with E-state index < -0.39 is 0 Å². The molecule has 1 aromatic carbocycles. The monoisotopic (exact) mass is 450 g/mol. The summed E-state index contributed by atoms with van der Waals surface area (Å²) in [6, 6.07) is 8.34. The van der Waals surface area contributed by atoms with Crippen LogP contribution in [0.3, 0.4) is 0 Å². The van der Waals surface area contributed by atoms with Gasteiger partial charge in [0.25, 0.3) is 0 Å². The lowest BCUT2D eigenvalue weighted by molar-refractivity contribution is 0.297. The molecule has 1 aliphatic carbocycles. The summed E-state index contributed by atoms with van der Waals surface area (Å²) in [6.45, 7) is 2.97. The molecule has 0 amide bonds. The van der Waals surface area contributed by atoms with E-state index in [2.05, 4.69) is 32.5 Å². The molecule has 0 spiro atoms. The Morgan fingerprint density at radius 2 is 2.06 bits per heavy atom. The zero-order chi connectivity index (χ0) is 23.2. The highest BCUT2D eigenvalue weighted by molar-refractivity contribution is 5.86. The predicted molar refractivity (Wildman–Crippen MR) is 126 cm³/mol. The number of halogens is 1. The predicted octanol–water partition coefficient (Wildman–Crippen LogP) is 3.84. The zero-order valence-electron chi connectivity index (χ0n) is 18.4. The molecule has 0 saturated heterocycles. The average Bonchev–Trinajstić information content (AvgIpc) is 3.65. The second kappa shape index (κ2) is 10.4. The number of hydrogen-bond acceptors (Lipinski definition) is 8. The van der Waals surface area contributed by atoms with Gasteiger partial charge in [-0.05, 0) is 30.5 Å². The Morgan fingerprint density at radius 1 is 1.21 bits per heavy atom. The summed E-state index contributed by atoms with van der Waals surface area (Å²) in [5.74, 6) is 1.56. The van der Waals surface area contributed by atoms with Crippen molar-refractivity contribution in [2.75, 3.05) is 30.3 Å². The summed E-state index contributed by atoms with van der Waals surface area (Å²) in [5, 5.41) is 22.9. The third-order valence-corrected chi connectivity index (χ3v) is 5.35. The fourth-order valence-corrected chi connectivity index (χ4v) is 3.42. The number of rotatable bonds is 11. The van der Waals surface area contributed by atoms with Crippen LogP contribution in [0.2, 0.25) is 0 Å². The average molecular weight is 451 g/mol. The molecule has 33 heavy (non-hydrogen) atoms. The normalized spacial score (nSPS) is 13.9. The van der Waals surface area contributed by atoms with Gasteiger partial charge in [0.05, 0.1) is 18.4 Å². The molecule has 9 heteroatoms. The van der Waals surface area contributed by atoms with Crippen molar-refractivity contribution in [2.45, 2.75) is 31.8 Å². The number of pyridine rings is 1. The molecule has 4 N–H and O–H groups in total. The van der Waals surface area contributed by atoms with E-state index >= 15 is 0 Å². The molecule has 0 radical (unpaired) electrons. The van der Waals surface area contributed by atoms with Gasteiger partial charge >= 0.3 is 0 Å². The largest absolute Gasteiger partial charge is 0.490 e. The molecule has 1 saturated carbocycles. The van der Waals surface area contributed by atoms with Crippen LogP contribution in [0.25, 0.3) is 11.3 Å². The van der Waals surface area contributed by atoms with Crippen molar-refractivity contribution in [1.29, 1.82) is 5.41 Å². The molecule has 2 aromatic heterocycles. The number of nitrogens with zero attached hydrogens (tertiary/aromatic N) is 3. The zero-order valence-corrected chi connectivity index (χ0v) is 18.4. The summed E-state index contributed by atoms with van der Waals surface area (Å²) >= 11 is 0. The summed E-state index contributed by atoms with van der Waals surface area (Å²) in [7, 11) is 0. The second-order valence-corrected chi connectivity index (χ2v) is 8.03. The Morgan fingerprint density at radius 3 is 2.82 bits per heavy atom. The smallest absolute Gasteiger partial charge is 0.134 e. The molecule has 1 aliphatic rings. The van der Waals surface area contributed by atoms with Crippen LogP contribution in [0.1, 0.15) is 36.8 Å². The lowest BCUT2D eigenvalue weighted by Crippen LogP contribution is -2.13. The van der Waals surface area contributed by atoms with Gasteiger partial charge in [0.1, 0.15) is 29.5 Å². The number of ether oxygens (including phenoxy) is 1. The first-order chi connectivity index (χ1) is 16.1. The maximum absolute atomic E-state index is 13.7. The van der Waals surface area contributed by atoms with Gasteiger partial charge in [-0.25, -0.2) is 19.3 Å². The molecule has 0 bridgehead atoms. The number of hydrogen-bond donors (Lipinski definition) is 4. The van der Waals surface area contributed by atoms with E-state index in [1.54, 1.807) is 12.3 Å². The SMILES string of the molecule is CC(CNc1cc(-c2cnc(NCCO)c(C=N)c2)ncn1)c1ccc(F)cc1OC1CC1. The van der Waals surface area contributed by atoms with Crippen LogP contribution in [0.5, 0.6) is 5.75 Å². The van der Waals surface area contributed by atoms with Crippen molar-refractivity contribution in [3.8, 4) is 17.0 Å². The number of anilines is 2. The van der Waals surface area contributed by atoms with E-state index in [-0.39, 0.29) is 24.4 Å². The van der Waals surface area contributed by atoms with Crippen LogP contribution in [-0.2, 0) is 0 Å². The Kier molecular flexibility index (Phi) is 7.09. The number of aromatic nitrogens is 3. The lowest BCUT2D eigenvalue weighted by atomic mass is 10.00. The second-order valence-electron chi connectivity index (χ2n) is 8.03. The van der Waals surface area contributed by atoms with Crippen molar-refractivity contribution in [1.82, 2.24) is 15.0 Å². The highest BCUT2D eigenvalue weighted by Crippen LogP contribution is 2.33. The van der Waals surface area contributed by atoms with E-state index in [4.69, 9.17) is 15.3 Å². The summed E-state index contributed by atoms with van der Waals surface area (Å²) in [6.07, 6.45) is 6.58. The summed E-state index contributed by atoms with van der Waals surface area (Å²) < 4.78 is 19.6. The summed E-state index contributed by atoms with van der Waals surface area (Å²) in [4.78, 5) is 13.0. The first-order valence-corrected chi connectivity index (χ1v) is 10.9. The standard InChI is InChI=1S/C24H27FN6O2/c1-15(20-5-2-18(25)9-22(20)33-19-3-4-19)12-28-23-10-21(30-14-31-23)17-8-16(11-26)24(29-13-17)27-6-7-32/h2,5,8-11,13-15,19,26,32H,3-4,6-7,12H2,1H3,(H,27,29)(H,28,30,31). The van der Waals surface area contributed by atoms with Crippen LogP contribution in [0.4, 0.5) is 16.0 Å². The number of benzene rings is 1. The minimum Gasteiger partial charge on any atom is -0.490 e. The third-order valence-electron chi connectivity index (χ3n) is 5.35. The number of aliphatic hydroxyl groups is 1. The van der Waals surface area contributed by atoms with Gasteiger partial charge < -0.3 is 25.9 Å². The van der Waals surface area contributed by atoms with E-state index in [0.717, 1.165) is 24.0 Å². The lowest BCUT2D eigenvalue weighted by Gasteiger charge is -2.18. The van der Waals surface area contributed by atoms with E-state index in [1.807, 2.05) is 12.1 Å². The Balaban J connectivity index is 1.46. The minimum atomic E-state index is -0.300. The molecule has 3 aromatic rings. The molecular weight excluding hydrogens is 423 g/mol. The van der Waals surface area contributed by atoms with Crippen LogP contribution in [0, 0.1) is 11.2 Å². The van der Waals surface area contributed by atoms with E-state index in [0.29, 0.717) is 41.7 Å². The van der Waals surface area contributed by atoms with Crippen molar-refractivity contribution >= 4 is 17.9 Å². The quantitative estimate of drug-likeness (QED) is 0.328. The maximum atomic E-state index is 13.7. The van der Waals surface area contributed by atoms with Crippen molar-refractivity contribution in [3.63, 3.8) is 0 Å². The molecule has 172 valence electrons. The van der Waals surface area contributed by atoms with Crippen LogP contribution >= 0.6 is 0 Å². The van der Waals surface area contributed by atoms with E-state index in [9.17, 15) is 4.39 Å². The minimum absolute atomic E-state index is 0.0215. The molecule has 4 rings (SSSR count). The molecule has 1 fully saturated rings.